The van der Waals surface area contributed by atoms with E-state index in [1.165, 1.54) is 21.0 Å². The molecule has 0 spiro atoms. The highest BCUT2D eigenvalue weighted by molar-refractivity contribution is 5.74. The standard InChI is InChI=1S/C12H15FN2O5/c1-12(2,11(16)17)6-14-8-5-10(20-3)9(15(18)19)4-7(8)13/h4-5,14H,6H2,1-3H3,(H,16,17). The largest absolute Gasteiger partial charge is 0.490 e. The minimum atomic E-state index is -1.11. The molecule has 110 valence electrons. The van der Waals surface area contributed by atoms with Crippen molar-refractivity contribution in [2.45, 2.75) is 13.8 Å². The van der Waals surface area contributed by atoms with E-state index in [0.29, 0.717) is 0 Å². The highest BCUT2D eigenvalue weighted by Gasteiger charge is 2.28. The maximum Gasteiger partial charge on any atom is 0.313 e. The van der Waals surface area contributed by atoms with Gasteiger partial charge in [-0.1, -0.05) is 0 Å². The first-order valence-corrected chi connectivity index (χ1v) is 5.68. The fourth-order valence-corrected chi connectivity index (χ4v) is 1.38. The van der Waals surface area contributed by atoms with Gasteiger partial charge >= 0.3 is 11.7 Å². The van der Waals surface area contributed by atoms with Crippen molar-refractivity contribution in [3.63, 3.8) is 0 Å². The van der Waals surface area contributed by atoms with Gasteiger partial charge in [0.15, 0.2) is 11.6 Å². The number of anilines is 1. The Morgan fingerprint density at radius 3 is 2.60 bits per heavy atom. The van der Waals surface area contributed by atoms with Crippen molar-refractivity contribution < 1.29 is 24.0 Å². The highest BCUT2D eigenvalue weighted by Crippen LogP contribution is 2.32. The fourth-order valence-electron chi connectivity index (χ4n) is 1.38. The normalized spacial score (nSPS) is 11.0. The summed E-state index contributed by atoms with van der Waals surface area (Å²) < 4.78 is 18.6. The van der Waals surface area contributed by atoms with E-state index in [0.717, 1.165) is 12.1 Å². The summed E-state index contributed by atoms with van der Waals surface area (Å²) in [7, 11) is 1.23. The molecule has 0 radical (unpaired) electrons. The van der Waals surface area contributed by atoms with E-state index >= 15 is 0 Å². The van der Waals surface area contributed by atoms with Crippen LogP contribution in [0.1, 0.15) is 13.8 Å². The van der Waals surface area contributed by atoms with Crippen molar-refractivity contribution in [1.82, 2.24) is 0 Å². The summed E-state index contributed by atoms with van der Waals surface area (Å²) in [4.78, 5) is 20.9. The molecule has 0 aliphatic heterocycles. The molecular formula is C12H15FN2O5. The Bertz CT molecular complexity index is 545. The number of methoxy groups -OCH3 is 1. The molecule has 7 nitrogen and oxygen atoms in total. The molecule has 20 heavy (non-hydrogen) atoms. The number of hydrogen-bond acceptors (Lipinski definition) is 5. The van der Waals surface area contributed by atoms with Crippen LogP contribution in [-0.2, 0) is 4.79 Å². The Labute approximate surface area is 114 Å². The Balaban J connectivity index is 3.03. The lowest BCUT2D eigenvalue weighted by Gasteiger charge is -2.20. The van der Waals surface area contributed by atoms with Crippen molar-refractivity contribution in [3.8, 4) is 5.75 Å². The molecule has 0 aliphatic rings. The maximum atomic E-state index is 13.7. The third-order valence-corrected chi connectivity index (χ3v) is 2.76. The Kier molecular flexibility index (Phi) is 4.49. The molecule has 1 rings (SSSR count). The van der Waals surface area contributed by atoms with E-state index in [-0.39, 0.29) is 18.0 Å². The van der Waals surface area contributed by atoms with Crippen LogP contribution in [0, 0.1) is 21.3 Å². The van der Waals surface area contributed by atoms with Crippen LogP contribution in [0.15, 0.2) is 12.1 Å². The van der Waals surface area contributed by atoms with Gasteiger partial charge < -0.3 is 15.2 Å². The quantitative estimate of drug-likeness (QED) is 0.614. The van der Waals surface area contributed by atoms with Crippen LogP contribution in [0.25, 0.3) is 0 Å². The van der Waals surface area contributed by atoms with Gasteiger partial charge in [-0.25, -0.2) is 4.39 Å². The van der Waals surface area contributed by atoms with Crippen molar-refractivity contribution >= 4 is 17.3 Å². The number of halogens is 1. The maximum absolute atomic E-state index is 13.7. The first-order valence-electron chi connectivity index (χ1n) is 5.68. The van der Waals surface area contributed by atoms with E-state index in [1.807, 2.05) is 0 Å². The van der Waals surface area contributed by atoms with Crippen molar-refractivity contribution in [2.24, 2.45) is 5.41 Å². The molecule has 0 unspecified atom stereocenters. The van der Waals surface area contributed by atoms with E-state index in [4.69, 9.17) is 9.84 Å². The summed E-state index contributed by atoms with van der Waals surface area (Å²) in [6, 6.07) is 1.86. The number of nitro benzene ring substituents is 1. The predicted molar refractivity (Wildman–Crippen MR) is 69.5 cm³/mol. The number of nitro groups is 1. The van der Waals surface area contributed by atoms with Gasteiger partial charge in [-0.3, -0.25) is 14.9 Å². The second kappa shape index (κ2) is 5.72. The van der Waals surface area contributed by atoms with Crippen LogP contribution in [0.2, 0.25) is 0 Å². The average Bonchev–Trinajstić information content (AvgIpc) is 2.36. The number of nitrogens with one attached hydrogen (secondary N) is 1. The zero-order chi connectivity index (χ0) is 15.5. The topological polar surface area (TPSA) is 102 Å². The molecule has 0 heterocycles. The molecule has 0 atom stereocenters. The van der Waals surface area contributed by atoms with E-state index in [2.05, 4.69) is 5.32 Å². The monoisotopic (exact) mass is 286 g/mol. The zero-order valence-corrected chi connectivity index (χ0v) is 11.3. The Morgan fingerprint density at radius 1 is 1.55 bits per heavy atom. The molecule has 0 saturated heterocycles. The second-order valence-electron chi connectivity index (χ2n) is 4.80. The summed E-state index contributed by atoms with van der Waals surface area (Å²) in [6.07, 6.45) is 0. The van der Waals surface area contributed by atoms with Crippen LogP contribution in [0.5, 0.6) is 5.75 Å². The number of rotatable bonds is 6. The predicted octanol–water partition coefficient (Wildman–Crippen LogP) is 2.27. The first-order chi connectivity index (χ1) is 9.19. The molecule has 0 saturated carbocycles. The molecule has 0 amide bonds. The third kappa shape index (κ3) is 3.34. The summed E-state index contributed by atoms with van der Waals surface area (Å²) in [5.74, 6) is -2.00. The second-order valence-corrected chi connectivity index (χ2v) is 4.80. The molecule has 0 fully saturated rings. The summed E-state index contributed by atoms with van der Waals surface area (Å²) >= 11 is 0. The van der Waals surface area contributed by atoms with E-state index < -0.39 is 27.8 Å². The number of benzene rings is 1. The van der Waals surface area contributed by atoms with Crippen LogP contribution in [0.3, 0.4) is 0 Å². The highest BCUT2D eigenvalue weighted by atomic mass is 19.1. The van der Waals surface area contributed by atoms with Gasteiger partial charge in [0, 0.05) is 12.6 Å². The van der Waals surface area contributed by atoms with Crippen LogP contribution < -0.4 is 10.1 Å². The Morgan fingerprint density at radius 2 is 2.15 bits per heavy atom. The number of carboxylic acids is 1. The lowest BCUT2D eigenvalue weighted by Crippen LogP contribution is -2.32. The lowest BCUT2D eigenvalue weighted by atomic mass is 9.94. The molecule has 0 aromatic heterocycles. The number of carbonyl (C=O) groups is 1. The van der Waals surface area contributed by atoms with E-state index in [1.54, 1.807) is 0 Å². The molecule has 1 aromatic rings. The van der Waals surface area contributed by atoms with Crippen molar-refractivity contribution in [1.29, 1.82) is 0 Å². The number of aliphatic carboxylic acids is 1. The van der Waals surface area contributed by atoms with Gasteiger partial charge in [0.25, 0.3) is 0 Å². The van der Waals surface area contributed by atoms with Gasteiger partial charge in [-0.2, -0.15) is 0 Å². The van der Waals surface area contributed by atoms with Crippen LogP contribution in [0.4, 0.5) is 15.8 Å². The number of nitrogens with zero attached hydrogens (tertiary/aromatic N) is 1. The summed E-state index contributed by atoms with van der Waals surface area (Å²) in [5.41, 5.74) is -1.66. The van der Waals surface area contributed by atoms with Gasteiger partial charge in [-0.05, 0) is 13.8 Å². The molecule has 2 N–H and O–H groups in total. The smallest absolute Gasteiger partial charge is 0.313 e. The Hall–Kier alpha value is -2.38. The molecule has 1 aromatic carbocycles. The minimum absolute atomic E-state index is 0.0414. The van der Waals surface area contributed by atoms with Gasteiger partial charge in [-0.15, -0.1) is 0 Å². The fraction of sp³-hybridized carbons (Fsp3) is 0.417. The SMILES string of the molecule is COc1cc(NCC(C)(C)C(=O)O)c(F)cc1[N+](=O)[O-]. The number of ether oxygens (including phenoxy) is 1. The van der Waals surface area contributed by atoms with Gasteiger partial charge in [0.1, 0.15) is 0 Å². The molecule has 8 heteroatoms. The molecule has 0 aliphatic carbocycles. The minimum Gasteiger partial charge on any atom is -0.490 e. The number of carboxylic acid groups (broad SMARTS) is 1. The van der Waals surface area contributed by atoms with Crippen molar-refractivity contribution in [3.05, 3.63) is 28.1 Å². The number of hydrogen-bond donors (Lipinski definition) is 2. The first kappa shape index (κ1) is 15.7. The summed E-state index contributed by atoms with van der Waals surface area (Å²) in [6.45, 7) is 2.91. The lowest BCUT2D eigenvalue weighted by molar-refractivity contribution is -0.385. The summed E-state index contributed by atoms with van der Waals surface area (Å²) in [5, 5.41) is 22.3. The van der Waals surface area contributed by atoms with E-state index in [9.17, 15) is 19.3 Å². The molecule has 0 bridgehead atoms. The zero-order valence-electron chi connectivity index (χ0n) is 11.3. The third-order valence-electron chi connectivity index (χ3n) is 2.76. The average molecular weight is 286 g/mol. The van der Waals surface area contributed by atoms with Crippen LogP contribution in [-0.4, -0.2) is 29.7 Å². The van der Waals surface area contributed by atoms with Gasteiger partial charge in [0.05, 0.1) is 29.2 Å². The van der Waals surface area contributed by atoms with Gasteiger partial charge in [0.2, 0.25) is 0 Å². The van der Waals surface area contributed by atoms with Crippen LogP contribution >= 0.6 is 0 Å². The molecular weight excluding hydrogens is 271 g/mol. The van der Waals surface area contributed by atoms with Crippen molar-refractivity contribution in [2.75, 3.05) is 19.0 Å².